The molecule has 0 aliphatic carbocycles. The molecular weight excluding hydrogens is 261 g/mol. The van der Waals surface area contributed by atoms with Crippen molar-refractivity contribution in [2.24, 2.45) is 0 Å². The van der Waals surface area contributed by atoms with E-state index in [2.05, 4.69) is 10.1 Å². The molecular formula is C11H11F3N4O. The van der Waals surface area contributed by atoms with Crippen molar-refractivity contribution in [1.29, 1.82) is 0 Å². The van der Waals surface area contributed by atoms with Crippen LogP contribution in [0.5, 0.6) is 0 Å². The number of anilines is 1. The van der Waals surface area contributed by atoms with Gasteiger partial charge in [0.05, 0.1) is 6.10 Å². The standard InChI is InChI=1S/C11H11F3N4O/c12-11(13,14)9-5-8-10(15-2-4-18(8)16-9)17-3-1-7(19)6-17/h2,4-5,7,19H,1,3,6H2/t7-/m1/s1. The normalized spacial score (nSPS) is 20.4. The van der Waals surface area contributed by atoms with E-state index in [0.717, 1.165) is 10.6 Å². The molecule has 0 radical (unpaired) electrons. The van der Waals surface area contributed by atoms with Crippen molar-refractivity contribution in [1.82, 2.24) is 14.6 Å². The van der Waals surface area contributed by atoms with Crippen molar-refractivity contribution >= 4 is 11.3 Å². The highest BCUT2D eigenvalue weighted by Gasteiger charge is 2.35. The molecule has 0 unspecified atom stereocenters. The fourth-order valence-electron chi connectivity index (χ4n) is 2.22. The Kier molecular flexibility index (Phi) is 2.63. The Balaban J connectivity index is 2.08. The molecule has 0 amide bonds. The van der Waals surface area contributed by atoms with Gasteiger partial charge in [0.25, 0.3) is 0 Å². The van der Waals surface area contributed by atoms with Crippen LogP contribution in [0, 0.1) is 0 Å². The Morgan fingerprint density at radius 1 is 1.37 bits per heavy atom. The third-order valence-corrected chi connectivity index (χ3v) is 3.12. The smallest absolute Gasteiger partial charge is 0.391 e. The average molecular weight is 272 g/mol. The van der Waals surface area contributed by atoms with Crippen LogP contribution < -0.4 is 4.90 Å². The molecule has 1 aliphatic heterocycles. The minimum absolute atomic E-state index is 0.295. The number of fused-ring (bicyclic) bond motifs is 1. The van der Waals surface area contributed by atoms with E-state index in [1.807, 2.05) is 0 Å². The lowest BCUT2D eigenvalue weighted by atomic mass is 10.3. The number of β-amino-alcohol motifs (C(OH)–C–C–N with tert-alkyl or cyclic N) is 1. The Labute approximate surface area is 106 Å². The summed E-state index contributed by atoms with van der Waals surface area (Å²) >= 11 is 0. The summed E-state index contributed by atoms with van der Waals surface area (Å²) in [4.78, 5) is 5.87. The van der Waals surface area contributed by atoms with Gasteiger partial charge < -0.3 is 10.0 Å². The van der Waals surface area contributed by atoms with Crippen molar-refractivity contribution in [3.8, 4) is 0 Å². The first-order valence-corrected chi connectivity index (χ1v) is 5.80. The number of nitrogens with zero attached hydrogens (tertiary/aromatic N) is 4. The Morgan fingerprint density at radius 2 is 2.16 bits per heavy atom. The highest BCUT2D eigenvalue weighted by atomic mass is 19.4. The van der Waals surface area contributed by atoms with E-state index in [0.29, 0.717) is 30.8 Å². The number of rotatable bonds is 1. The van der Waals surface area contributed by atoms with E-state index < -0.39 is 18.0 Å². The third-order valence-electron chi connectivity index (χ3n) is 3.12. The van der Waals surface area contributed by atoms with Crippen LogP contribution in [-0.2, 0) is 6.18 Å². The number of aromatic nitrogens is 3. The molecule has 0 aromatic carbocycles. The third kappa shape index (κ3) is 2.12. The Bertz CT molecular complexity index is 609. The number of hydrogen-bond donors (Lipinski definition) is 1. The van der Waals surface area contributed by atoms with Gasteiger partial charge in [0, 0.05) is 31.5 Å². The summed E-state index contributed by atoms with van der Waals surface area (Å²) < 4.78 is 39.1. The summed E-state index contributed by atoms with van der Waals surface area (Å²) in [6, 6.07) is 0.979. The average Bonchev–Trinajstić information content (AvgIpc) is 2.93. The maximum Gasteiger partial charge on any atom is 0.435 e. The zero-order valence-corrected chi connectivity index (χ0v) is 9.80. The zero-order valence-electron chi connectivity index (χ0n) is 9.80. The number of alkyl halides is 3. The van der Waals surface area contributed by atoms with Gasteiger partial charge >= 0.3 is 6.18 Å². The summed E-state index contributed by atoms with van der Waals surface area (Å²) in [5.74, 6) is 0.419. The highest BCUT2D eigenvalue weighted by Crippen LogP contribution is 2.31. The molecule has 19 heavy (non-hydrogen) atoms. The fourth-order valence-corrected chi connectivity index (χ4v) is 2.22. The monoisotopic (exact) mass is 272 g/mol. The first kappa shape index (κ1) is 12.2. The molecule has 102 valence electrons. The lowest BCUT2D eigenvalue weighted by molar-refractivity contribution is -0.141. The maximum atomic E-state index is 12.6. The van der Waals surface area contributed by atoms with E-state index in [1.54, 1.807) is 4.90 Å². The summed E-state index contributed by atoms with van der Waals surface area (Å²) in [6.45, 7) is 0.944. The van der Waals surface area contributed by atoms with Crippen LogP contribution in [-0.4, -0.2) is 38.9 Å². The second-order valence-corrected chi connectivity index (χ2v) is 4.50. The molecule has 3 rings (SSSR count). The molecule has 1 saturated heterocycles. The van der Waals surface area contributed by atoms with Crippen LogP contribution in [0.4, 0.5) is 19.0 Å². The van der Waals surface area contributed by atoms with Crippen LogP contribution in [0.1, 0.15) is 12.1 Å². The number of aliphatic hydroxyl groups excluding tert-OH is 1. The summed E-state index contributed by atoms with van der Waals surface area (Å²) in [5, 5.41) is 13.0. The van der Waals surface area contributed by atoms with Gasteiger partial charge in [-0.2, -0.15) is 18.3 Å². The Hall–Kier alpha value is -1.83. The zero-order chi connectivity index (χ0) is 13.6. The number of aliphatic hydroxyl groups is 1. The molecule has 1 aliphatic rings. The van der Waals surface area contributed by atoms with Crippen LogP contribution in [0.3, 0.4) is 0 Å². The second kappa shape index (κ2) is 4.09. The molecule has 0 bridgehead atoms. The van der Waals surface area contributed by atoms with Gasteiger partial charge in [0.1, 0.15) is 5.52 Å². The highest BCUT2D eigenvalue weighted by molar-refractivity contribution is 5.69. The van der Waals surface area contributed by atoms with Crippen molar-refractivity contribution in [2.75, 3.05) is 18.0 Å². The van der Waals surface area contributed by atoms with E-state index in [4.69, 9.17) is 0 Å². The predicted molar refractivity (Wildman–Crippen MR) is 60.8 cm³/mol. The number of halogens is 3. The van der Waals surface area contributed by atoms with Gasteiger partial charge in [-0.05, 0) is 6.42 Å². The Morgan fingerprint density at radius 3 is 2.79 bits per heavy atom. The van der Waals surface area contributed by atoms with Crippen molar-refractivity contribution in [2.45, 2.75) is 18.7 Å². The molecule has 2 aromatic heterocycles. The van der Waals surface area contributed by atoms with Gasteiger partial charge in [0.15, 0.2) is 11.5 Å². The fraction of sp³-hybridized carbons (Fsp3) is 0.455. The molecule has 1 atom stereocenters. The van der Waals surface area contributed by atoms with E-state index in [1.165, 1.54) is 12.4 Å². The summed E-state index contributed by atoms with van der Waals surface area (Å²) in [6.07, 6.45) is -1.58. The predicted octanol–water partition coefficient (Wildman–Crippen LogP) is 1.32. The van der Waals surface area contributed by atoms with Crippen LogP contribution in [0.15, 0.2) is 18.5 Å². The maximum absolute atomic E-state index is 12.6. The van der Waals surface area contributed by atoms with Gasteiger partial charge in [-0.15, -0.1) is 0 Å². The van der Waals surface area contributed by atoms with Crippen LogP contribution >= 0.6 is 0 Å². The minimum atomic E-state index is -4.48. The lowest BCUT2D eigenvalue weighted by Crippen LogP contribution is -2.22. The van der Waals surface area contributed by atoms with Gasteiger partial charge in [-0.1, -0.05) is 0 Å². The summed E-state index contributed by atoms with van der Waals surface area (Å²) in [5.41, 5.74) is -0.648. The second-order valence-electron chi connectivity index (χ2n) is 4.50. The SMILES string of the molecule is O[C@@H]1CCN(c2nccn3nc(C(F)(F)F)cc23)C1. The minimum Gasteiger partial charge on any atom is -0.391 e. The molecule has 0 saturated carbocycles. The van der Waals surface area contributed by atoms with Crippen LogP contribution in [0.25, 0.3) is 5.52 Å². The topological polar surface area (TPSA) is 53.7 Å². The summed E-state index contributed by atoms with van der Waals surface area (Å²) in [7, 11) is 0. The molecule has 2 aromatic rings. The van der Waals surface area contributed by atoms with Crippen molar-refractivity contribution in [3.05, 3.63) is 24.2 Å². The molecule has 3 heterocycles. The largest absolute Gasteiger partial charge is 0.435 e. The van der Waals surface area contributed by atoms with Crippen LogP contribution in [0.2, 0.25) is 0 Å². The quantitative estimate of drug-likeness (QED) is 0.850. The first-order valence-electron chi connectivity index (χ1n) is 5.80. The molecule has 5 nitrogen and oxygen atoms in total. The van der Waals surface area contributed by atoms with E-state index in [9.17, 15) is 18.3 Å². The van der Waals surface area contributed by atoms with Gasteiger partial charge in [-0.25, -0.2) is 9.50 Å². The molecule has 0 spiro atoms. The van der Waals surface area contributed by atoms with E-state index in [-0.39, 0.29) is 0 Å². The van der Waals surface area contributed by atoms with E-state index >= 15 is 0 Å². The van der Waals surface area contributed by atoms with Crippen molar-refractivity contribution in [3.63, 3.8) is 0 Å². The lowest BCUT2D eigenvalue weighted by Gasteiger charge is -2.16. The van der Waals surface area contributed by atoms with Gasteiger partial charge in [-0.3, -0.25) is 0 Å². The number of hydrogen-bond acceptors (Lipinski definition) is 4. The molecule has 1 N–H and O–H groups in total. The molecule has 8 heteroatoms. The first-order chi connectivity index (χ1) is 8.95. The van der Waals surface area contributed by atoms with Crippen molar-refractivity contribution < 1.29 is 18.3 Å². The molecule has 1 fully saturated rings. The van der Waals surface area contributed by atoms with Gasteiger partial charge in [0.2, 0.25) is 0 Å².